The van der Waals surface area contributed by atoms with Crippen LogP contribution in [-0.2, 0) is 15.1 Å². The van der Waals surface area contributed by atoms with Crippen LogP contribution >= 0.6 is 0 Å². The van der Waals surface area contributed by atoms with Crippen LogP contribution in [-0.4, -0.2) is 35.3 Å². The summed E-state index contributed by atoms with van der Waals surface area (Å²) in [5, 5.41) is 6.13. The van der Waals surface area contributed by atoms with Crippen molar-refractivity contribution >= 4 is 28.8 Å². The molecular weight excluding hydrogens is 310 g/mol. The molecule has 1 saturated heterocycles. The molecule has 2 heterocycles. The van der Waals surface area contributed by atoms with Gasteiger partial charge in [0.25, 0.3) is 5.91 Å². The van der Waals surface area contributed by atoms with Gasteiger partial charge in [-0.3, -0.25) is 14.5 Å². The van der Waals surface area contributed by atoms with Gasteiger partial charge in [0, 0.05) is 11.4 Å². The number of fused-ring (bicyclic) bond motifs is 1. The van der Waals surface area contributed by atoms with Gasteiger partial charge in [-0.05, 0) is 32.9 Å². The average Bonchev–Trinajstić information content (AvgIpc) is 3.03. The van der Waals surface area contributed by atoms with Crippen LogP contribution in [0.5, 0.6) is 0 Å². The van der Waals surface area contributed by atoms with Crippen molar-refractivity contribution in [2.75, 3.05) is 6.54 Å². The second-order valence-electron chi connectivity index (χ2n) is 6.32. The van der Waals surface area contributed by atoms with Crippen LogP contribution in [0.15, 0.2) is 34.7 Å². The second kappa shape index (κ2) is 5.67. The summed E-state index contributed by atoms with van der Waals surface area (Å²) in [6.45, 7) is 4.87. The minimum Gasteiger partial charge on any atom is -0.458 e. The van der Waals surface area contributed by atoms with Crippen LogP contribution < -0.4 is 10.6 Å². The Hall–Kier alpha value is -2.83. The zero-order valence-corrected chi connectivity index (χ0v) is 13.8. The molecular formula is C17H19N3O4. The minimum absolute atomic E-state index is 0.0694. The molecule has 0 bridgehead atoms. The predicted molar refractivity (Wildman–Crippen MR) is 87.1 cm³/mol. The van der Waals surface area contributed by atoms with E-state index in [2.05, 4.69) is 10.6 Å². The highest BCUT2D eigenvalue weighted by Gasteiger charge is 2.51. The number of nitrogens with one attached hydrogen (secondary N) is 2. The van der Waals surface area contributed by atoms with E-state index < -0.39 is 17.5 Å². The third kappa shape index (κ3) is 2.62. The first kappa shape index (κ1) is 16.0. The number of amides is 4. The first-order valence-corrected chi connectivity index (χ1v) is 7.74. The van der Waals surface area contributed by atoms with Crippen molar-refractivity contribution in [1.29, 1.82) is 0 Å². The van der Waals surface area contributed by atoms with Gasteiger partial charge >= 0.3 is 6.03 Å². The molecule has 7 heteroatoms. The third-order valence-electron chi connectivity index (χ3n) is 3.94. The van der Waals surface area contributed by atoms with E-state index in [0.717, 1.165) is 10.3 Å². The molecule has 126 valence electrons. The molecule has 0 unspecified atom stereocenters. The summed E-state index contributed by atoms with van der Waals surface area (Å²) in [7, 11) is 0. The molecule has 2 N–H and O–H groups in total. The molecule has 2 aromatic rings. The van der Waals surface area contributed by atoms with E-state index in [1.54, 1.807) is 19.1 Å². The molecule has 1 aliphatic heterocycles. The fourth-order valence-corrected chi connectivity index (χ4v) is 2.75. The lowest BCUT2D eigenvalue weighted by Gasteiger charge is -2.19. The van der Waals surface area contributed by atoms with Gasteiger partial charge in [-0.25, -0.2) is 4.79 Å². The molecule has 0 aliphatic carbocycles. The lowest BCUT2D eigenvalue weighted by Crippen LogP contribution is -2.44. The van der Waals surface area contributed by atoms with Crippen molar-refractivity contribution in [3.8, 4) is 0 Å². The summed E-state index contributed by atoms with van der Waals surface area (Å²) in [5.41, 5.74) is -0.694. The van der Waals surface area contributed by atoms with E-state index in [9.17, 15) is 14.4 Å². The third-order valence-corrected chi connectivity index (χ3v) is 3.94. The standard InChI is InChI=1S/C17H19N3O4/c1-10(2)18-14(21)9-20-15(22)17(3,19-16(20)23)13-8-11-6-4-5-7-12(11)24-13/h4-8,10H,9H2,1-3H3,(H,18,21)(H,19,23)/t17-/m1/s1. The fraction of sp³-hybridized carbons (Fsp3) is 0.353. The number of nitrogens with zero attached hydrogens (tertiary/aromatic N) is 1. The quantitative estimate of drug-likeness (QED) is 0.836. The zero-order valence-electron chi connectivity index (χ0n) is 13.8. The molecule has 1 fully saturated rings. The van der Waals surface area contributed by atoms with Crippen molar-refractivity contribution in [2.45, 2.75) is 32.4 Å². The van der Waals surface area contributed by atoms with Gasteiger partial charge in [-0.1, -0.05) is 18.2 Å². The van der Waals surface area contributed by atoms with Gasteiger partial charge in [0.1, 0.15) is 17.9 Å². The Morgan fingerprint density at radius 1 is 1.33 bits per heavy atom. The van der Waals surface area contributed by atoms with E-state index in [-0.39, 0.29) is 18.5 Å². The van der Waals surface area contributed by atoms with E-state index in [1.165, 1.54) is 0 Å². The van der Waals surface area contributed by atoms with E-state index in [4.69, 9.17) is 4.42 Å². The number of rotatable bonds is 4. The Balaban J connectivity index is 1.87. The van der Waals surface area contributed by atoms with Crippen molar-refractivity contribution in [2.24, 2.45) is 0 Å². The zero-order chi connectivity index (χ0) is 17.5. The first-order chi connectivity index (χ1) is 11.3. The van der Waals surface area contributed by atoms with Crippen LogP contribution in [0.1, 0.15) is 26.5 Å². The van der Waals surface area contributed by atoms with Crippen LogP contribution in [0.2, 0.25) is 0 Å². The average molecular weight is 329 g/mol. The largest absolute Gasteiger partial charge is 0.458 e. The Kier molecular flexibility index (Phi) is 3.79. The number of carbonyl (C=O) groups is 3. The number of hydrogen-bond donors (Lipinski definition) is 2. The maximum atomic E-state index is 12.7. The monoisotopic (exact) mass is 329 g/mol. The molecule has 7 nitrogen and oxygen atoms in total. The van der Waals surface area contributed by atoms with Crippen LogP contribution in [0, 0.1) is 0 Å². The van der Waals surface area contributed by atoms with E-state index in [1.807, 2.05) is 32.0 Å². The molecule has 0 saturated carbocycles. The molecule has 1 aliphatic rings. The molecule has 4 amide bonds. The molecule has 1 atom stereocenters. The topological polar surface area (TPSA) is 91.7 Å². The number of carbonyl (C=O) groups excluding carboxylic acids is 3. The number of urea groups is 1. The number of para-hydroxylation sites is 1. The van der Waals surface area contributed by atoms with E-state index in [0.29, 0.717) is 11.3 Å². The van der Waals surface area contributed by atoms with Crippen molar-refractivity contribution in [1.82, 2.24) is 15.5 Å². The summed E-state index contributed by atoms with van der Waals surface area (Å²) < 4.78 is 5.73. The summed E-state index contributed by atoms with van der Waals surface area (Å²) in [6, 6.07) is 8.39. The maximum Gasteiger partial charge on any atom is 0.325 e. The van der Waals surface area contributed by atoms with Crippen LogP contribution in [0.4, 0.5) is 4.79 Å². The molecule has 24 heavy (non-hydrogen) atoms. The highest BCUT2D eigenvalue weighted by Crippen LogP contribution is 2.32. The molecule has 3 rings (SSSR count). The maximum absolute atomic E-state index is 12.7. The van der Waals surface area contributed by atoms with Crippen LogP contribution in [0.3, 0.4) is 0 Å². The van der Waals surface area contributed by atoms with Gasteiger partial charge < -0.3 is 15.1 Å². The second-order valence-corrected chi connectivity index (χ2v) is 6.32. The Morgan fingerprint density at radius 2 is 2.04 bits per heavy atom. The van der Waals surface area contributed by atoms with Gasteiger partial charge in [-0.15, -0.1) is 0 Å². The summed E-state index contributed by atoms with van der Waals surface area (Å²) in [4.78, 5) is 37.7. The predicted octanol–water partition coefficient (Wildman–Crippen LogP) is 1.72. The Labute approximate surface area is 139 Å². The van der Waals surface area contributed by atoms with Gasteiger partial charge in [-0.2, -0.15) is 0 Å². The fourth-order valence-electron chi connectivity index (χ4n) is 2.75. The highest BCUT2D eigenvalue weighted by molar-refractivity contribution is 6.09. The smallest absolute Gasteiger partial charge is 0.325 e. The summed E-state index contributed by atoms with van der Waals surface area (Å²) in [6.07, 6.45) is 0. The van der Waals surface area contributed by atoms with Crippen molar-refractivity contribution in [3.05, 3.63) is 36.1 Å². The highest BCUT2D eigenvalue weighted by atomic mass is 16.3. The Bertz CT molecular complexity index is 793. The number of furan rings is 1. The number of hydrogen-bond acceptors (Lipinski definition) is 4. The van der Waals surface area contributed by atoms with Crippen molar-refractivity contribution < 1.29 is 18.8 Å². The molecule has 1 aromatic carbocycles. The molecule has 0 spiro atoms. The SMILES string of the molecule is CC(C)NC(=O)CN1C(=O)N[C@](C)(c2cc3ccccc3o2)C1=O. The van der Waals surface area contributed by atoms with Gasteiger partial charge in [0.2, 0.25) is 5.91 Å². The number of benzene rings is 1. The molecule has 0 radical (unpaired) electrons. The van der Waals surface area contributed by atoms with Crippen molar-refractivity contribution in [3.63, 3.8) is 0 Å². The van der Waals surface area contributed by atoms with Crippen LogP contribution in [0.25, 0.3) is 11.0 Å². The van der Waals surface area contributed by atoms with Gasteiger partial charge in [0.15, 0.2) is 5.54 Å². The van der Waals surface area contributed by atoms with E-state index >= 15 is 0 Å². The summed E-state index contributed by atoms with van der Waals surface area (Å²) >= 11 is 0. The lowest BCUT2D eigenvalue weighted by molar-refractivity contribution is -0.135. The Morgan fingerprint density at radius 3 is 2.71 bits per heavy atom. The van der Waals surface area contributed by atoms with Gasteiger partial charge in [0.05, 0.1) is 0 Å². The summed E-state index contributed by atoms with van der Waals surface area (Å²) in [5.74, 6) is -0.554. The normalized spacial score (nSPS) is 20.8. The lowest BCUT2D eigenvalue weighted by atomic mass is 9.99. The minimum atomic E-state index is -1.33. The molecule has 1 aromatic heterocycles. The number of imide groups is 1. The first-order valence-electron chi connectivity index (χ1n) is 7.74.